The van der Waals surface area contributed by atoms with Gasteiger partial charge in [0, 0.05) is 13.1 Å². The van der Waals surface area contributed by atoms with Crippen LogP contribution in [0.3, 0.4) is 0 Å². The van der Waals surface area contributed by atoms with Gasteiger partial charge in [0.15, 0.2) is 0 Å². The summed E-state index contributed by atoms with van der Waals surface area (Å²) in [7, 11) is -8.53. The summed E-state index contributed by atoms with van der Waals surface area (Å²) in [6.07, 6.45) is -6.17. The molecule has 226 valence electrons. The standard InChI is InChI=1S/C26H31F3N2O8S2/c1-25(2,3)39-24(32)14-18-7-8-23-22(13-18)31(41(35,36)21-6-4-5-19(15-21)26(27,28)29)16-20(38-23)17-40(33,34)30-9-11-37-12-10-30/h4-8,13,15,20H,9-12,14,16-17H2,1-3H3/t20-/m1/s1. The van der Waals surface area contributed by atoms with Crippen molar-refractivity contribution in [2.75, 3.05) is 42.9 Å². The van der Waals surface area contributed by atoms with Gasteiger partial charge in [-0.3, -0.25) is 9.10 Å². The van der Waals surface area contributed by atoms with Gasteiger partial charge in [-0.2, -0.15) is 17.5 Å². The van der Waals surface area contributed by atoms with Gasteiger partial charge in [0.05, 0.1) is 42.3 Å². The van der Waals surface area contributed by atoms with Gasteiger partial charge in [0.25, 0.3) is 10.0 Å². The molecule has 2 aromatic rings. The lowest BCUT2D eigenvalue weighted by Gasteiger charge is -2.36. The van der Waals surface area contributed by atoms with Crippen molar-refractivity contribution >= 4 is 31.7 Å². The Balaban J connectivity index is 1.72. The molecule has 0 amide bonds. The third kappa shape index (κ3) is 7.50. The average Bonchev–Trinajstić information content (AvgIpc) is 2.87. The van der Waals surface area contributed by atoms with Crippen LogP contribution < -0.4 is 9.04 Å². The first-order valence-electron chi connectivity index (χ1n) is 12.7. The molecule has 10 nitrogen and oxygen atoms in total. The molecule has 15 heteroatoms. The predicted octanol–water partition coefficient (Wildman–Crippen LogP) is 3.21. The second-order valence-corrected chi connectivity index (χ2v) is 14.5. The third-order valence-electron chi connectivity index (χ3n) is 6.23. The van der Waals surface area contributed by atoms with Crippen LogP contribution in [0.4, 0.5) is 18.9 Å². The molecular formula is C26H31F3N2O8S2. The smallest absolute Gasteiger partial charge is 0.416 e. The number of ether oxygens (including phenoxy) is 3. The summed E-state index contributed by atoms with van der Waals surface area (Å²) < 4.78 is 112. The van der Waals surface area contributed by atoms with Crippen molar-refractivity contribution < 1.29 is 49.0 Å². The molecule has 0 radical (unpaired) electrons. The van der Waals surface area contributed by atoms with Gasteiger partial charge in [-0.15, -0.1) is 0 Å². The number of carbonyl (C=O) groups excluding carboxylic acids is 1. The molecule has 0 N–H and O–H groups in total. The van der Waals surface area contributed by atoms with E-state index < -0.39 is 66.7 Å². The van der Waals surface area contributed by atoms with Gasteiger partial charge < -0.3 is 14.2 Å². The maximum atomic E-state index is 13.8. The average molecular weight is 621 g/mol. The van der Waals surface area contributed by atoms with E-state index in [0.717, 1.165) is 22.5 Å². The fourth-order valence-corrected chi connectivity index (χ4v) is 7.56. The third-order valence-corrected chi connectivity index (χ3v) is 9.95. The van der Waals surface area contributed by atoms with Crippen LogP contribution in [0.1, 0.15) is 31.9 Å². The van der Waals surface area contributed by atoms with Crippen molar-refractivity contribution in [2.24, 2.45) is 0 Å². The molecule has 1 fully saturated rings. The molecule has 1 saturated heterocycles. The first kappa shape index (κ1) is 31.1. The van der Waals surface area contributed by atoms with E-state index in [0.29, 0.717) is 11.6 Å². The maximum Gasteiger partial charge on any atom is 0.416 e. The Hall–Kier alpha value is -2.88. The topological polar surface area (TPSA) is 120 Å². The molecule has 4 rings (SSSR count). The Labute approximate surface area is 237 Å². The van der Waals surface area contributed by atoms with E-state index in [1.807, 2.05) is 0 Å². The van der Waals surface area contributed by atoms with Gasteiger partial charge in [0.2, 0.25) is 10.0 Å². The minimum Gasteiger partial charge on any atom is -0.485 e. The van der Waals surface area contributed by atoms with E-state index in [2.05, 4.69) is 0 Å². The SMILES string of the molecule is CC(C)(C)OC(=O)Cc1ccc2c(c1)N(S(=O)(=O)c1cccc(C(F)(F)F)c1)C[C@H](CS(=O)(=O)N1CCOCC1)O2. The number of hydrogen-bond donors (Lipinski definition) is 0. The fourth-order valence-electron chi connectivity index (χ4n) is 4.45. The van der Waals surface area contributed by atoms with Crippen LogP contribution in [0, 0.1) is 0 Å². The molecular weight excluding hydrogens is 589 g/mol. The number of anilines is 1. The van der Waals surface area contributed by atoms with Crippen LogP contribution in [0.25, 0.3) is 0 Å². The van der Waals surface area contributed by atoms with E-state index in [1.165, 1.54) is 22.5 Å². The van der Waals surface area contributed by atoms with E-state index >= 15 is 0 Å². The van der Waals surface area contributed by atoms with Crippen LogP contribution in [0.2, 0.25) is 0 Å². The molecule has 2 aliphatic rings. The molecule has 2 heterocycles. The highest BCUT2D eigenvalue weighted by Crippen LogP contribution is 2.39. The van der Waals surface area contributed by atoms with Gasteiger partial charge in [-0.1, -0.05) is 12.1 Å². The summed E-state index contributed by atoms with van der Waals surface area (Å²) in [6.45, 7) is 5.28. The monoisotopic (exact) mass is 620 g/mol. The zero-order chi connectivity index (χ0) is 30.2. The number of sulfonamides is 2. The Bertz CT molecular complexity index is 1500. The molecule has 0 saturated carbocycles. The number of alkyl halides is 3. The van der Waals surface area contributed by atoms with E-state index in [-0.39, 0.29) is 44.2 Å². The number of esters is 1. The second kappa shape index (κ2) is 11.4. The zero-order valence-electron chi connectivity index (χ0n) is 22.7. The van der Waals surface area contributed by atoms with E-state index in [4.69, 9.17) is 14.2 Å². The second-order valence-electron chi connectivity index (χ2n) is 10.7. The van der Waals surface area contributed by atoms with Crippen LogP contribution in [-0.2, 0) is 46.9 Å². The number of fused-ring (bicyclic) bond motifs is 1. The van der Waals surface area contributed by atoms with Crippen LogP contribution in [0.15, 0.2) is 47.4 Å². The van der Waals surface area contributed by atoms with E-state index in [1.54, 1.807) is 20.8 Å². The van der Waals surface area contributed by atoms with Crippen molar-refractivity contribution in [3.8, 4) is 5.75 Å². The highest BCUT2D eigenvalue weighted by atomic mass is 32.2. The van der Waals surface area contributed by atoms with Crippen molar-refractivity contribution in [1.82, 2.24) is 4.31 Å². The molecule has 1 atom stereocenters. The van der Waals surface area contributed by atoms with Crippen LogP contribution in [-0.4, -0.2) is 77.4 Å². The molecule has 0 aliphatic carbocycles. The first-order valence-corrected chi connectivity index (χ1v) is 15.8. The van der Waals surface area contributed by atoms with Crippen LogP contribution >= 0.6 is 0 Å². The number of benzene rings is 2. The first-order chi connectivity index (χ1) is 19.0. The summed E-state index contributed by atoms with van der Waals surface area (Å²) in [4.78, 5) is 11.8. The van der Waals surface area contributed by atoms with Crippen molar-refractivity contribution in [2.45, 2.75) is 50.0 Å². The molecule has 2 aromatic carbocycles. The maximum absolute atomic E-state index is 13.8. The highest BCUT2D eigenvalue weighted by Gasteiger charge is 2.39. The Kier molecular flexibility index (Phi) is 8.65. The summed E-state index contributed by atoms with van der Waals surface area (Å²) in [5, 5.41) is 0. The molecule has 0 bridgehead atoms. The molecule has 0 aromatic heterocycles. The number of carbonyl (C=O) groups is 1. The number of nitrogens with zero attached hydrogens (tertiary/aromatic N) is 2. The van der Waals surface area contributed by atoms with Gasteiger partial charge >= 0.3 is 12.1 Å². The van der Waals surface area contributed by atoms with E-state index in [9.17, 15) is 34.8 Å². The number of halogens is 3. The number of hydrogen-bond acceptors (Lipinski definition) is 8. The lowest BCUT2D eigenvalue weighted by Crippen LogP contribution is -2.50. The fraction of sp³-hybridized carbons (Fsp3) is 0.500. The van der Waals surface area contributed by atoms with Gasteiger partial charge in [-0.25, -0.2) is 16.8 Å². The van der Waals surface area contributed by atoms with Crippen molar-refractivity contribution in [3.05, 3.63) is 53.6 Å². The predicted molar refractivity (Wildman–Crippen MR) is 143 cm³/mol. The molecule has 2 aliphatic heterocycles. The summed E-state index contributed by atoms with van der Waals surface area (Å²) >= 11 is 0. The minimum atomic E-state index is -4.79. The van der Waals surface area contributed by atoms with Gasteiger partial charge in [0.1, 0.15) is 23.2 Å². The largest absolute Gasteiger partial charge is 0.485 e. The molecule has 0 unspecified atom stereocenters. The van der Waals surface area contributed by atoms with Crippen molar-refractivity contribution in [1.29, 1.82) is 0 Å². The minimum absolute atomic E-state index is 0.00178. The Morgan fingerprint density at radius 2 is 1.71 bits per heavy atom. The normalized spacial score (nSPS) is 18.9. The number of rotatable bonds is 7. The molecule has 0 spiro atoms. The summed E-state index contributed by atoms with van der Waals surface area (Å²) in [5.41, 5.74) is -1.59. The Morgan fingerprint density at radius 3 is 2.34 bits per heavy atom. The Morgan fingerprint density at radius 1 is 1.02 bits per heavy atom. The summed E-state index contributed by atoms with van der Waals surface area (Å²) in [6, 6.07) is 7.57. The zero-order valence-corrected chi connectivity index (χ0v) is 24.3. The van der Waals surface area contributed by atoms with Crippen LogP contribution in [0.5, 0.6) is 5.75 Å². The molecule has 41 heavy (non-hydrogen) atoms. The lowest BCUT2D eigenvalue weighted by atomic mass is 10.1. The van der Waals surface area contributed by atoms with Crippen molar-refractivity contribution in [3.63, 3.8) is 0 Å². The highest BCUT2D eigenvalue weighted by molar-refractivity contribution is 7.93. The lowest BCUT2D eigenvalue weighted by molar-refractivity contribution is -0.153. The van der Waals surface area contributed by atoms with Gasteiger partial charge in [-0.05, 0) is 56.7 Å². The quantitative estimate of drug-likeness (QED) is 0.433. The number of morpholine rings is 1. The summed E-state index contributed by atoms with van der Waals surface area (Å²) in [5.74, 6) is -1.14.